The van der Waals surface area contributed by atoms with Gasteiger partial charge >= 0.3 is 0 Å². The highest BCUT2D eigenvalue weighted by molar-refractivity contribution is 5.22. The van der Waals surface area contributed by atoms with Crippen LogP contribution >= 0.6 is 0 Å². The van der Waals surface area contributed by atoms with Gasteiger partial charge in [-0.15, -0.1) is 0 Å². The number of hydrogen-bond acceptors (Lipinski definition) is 3. The lowest BCUT2D eigenvalue weighted by Crippen LogP contribution is -2.56. The smallest absolute Gasteiger partial charge is 0.109 e. The number of hydrogen-bond donors (Lipinski definition) is 1. The lowest BCUT2D eigenvalue weighted by atomic mass is 9.74. The fraction of sp³-hybridized carbons (Fsp3) is 0.588. The molecule has 1 aliphatic carbocycles. The SMILES string of the molecule is N#CC1(N2CCNCC2)CCC(c2ccccc2)CC1. The second-order valence-corrected chi connectivity index (χ2v) is 6.07. The molecule has 0 bridgehead atoms. The van der Waals surface area contributed by atoms with E-state index in [9.17, 15) is 5.26 Å². The van der Waals surface area contributed by atoms with Gasteiger partial charge in [0.25, 0.3) is 0 Å². The van der Waals surface area contributed by atoms with Gasteiger partial charge in [-0.3, -0.25) is 4.90 Å². The summed E-state index contributed by atoms with van der Waals surface area (Å²) in [5.74, 6) is 0.639. The lowest BCUT2D eigenvalue weighted by Gasteiger charge is -2.45. The van der Waals surface area contributed by atoms with Crippen molar-refractivity contribution in [2.75, 3.05) is 26.2 Å². The van der Waals surface area contributed by atoms with Gasteiger partial charge in [-0.2, -0.15) is 5.26 Å². The molecule has 1 heterocycles. The van der Waals surface area contributed by atoms with E-state index in [2.05, 4.69) is 46.6 Å². The molecule has 20 heavy (non-hydrogen) atoms. The number of benzene rings is 1. The Bertz CT molecular complexity index is 463. The van der Waals surface area contributed by atoms with E-state index in [4.69, 9.17) is 0 Å². The molecular formula is C17H23N3. The van der Waals surface area contributed by atoms with Crippen molar-refractivity contribution in [1.82, 2.24) is 10.2 Å². The molecule has 0 aromatic heterocycles. The first-order chi connectivity index (χ1) is 9.84. The second kappa shape index (κ2) is 5.95. The molecule has 0 spiro atoms. The minimum atomic E-state index is -0.201. The zero-order chi connectivity index (χ0) is 13.8. The predicted molar refractivity (Wildman–Crippen MR) is 80.4 cm³/mol. The third kappa shape index (κ3) is 2.59. The molecule has 0 amide bonds. The highest BCUT2D eigenvalue weighted by Crippen LogP contribution is 2.40. The minimum absolute atomic E-state index is 0.201. The summed E-state index contributed by atoms with van der Waals surface area (Å²) in [6.45, 7) is 4.07. The third-order valence-electron chi connectivity index (χ3n) is 5.01. The van der Waals surface area contributed by atoms with Gasteiger partial charge < -0.3 is 5.32 Å². The van der Waals surface area contributed by atoms with Crippen molar-refractivity contribution in [3.8, 4) is 6.07 Å². The maximum Gasteiger partial charge on any atom is 0.109 e. The topological polar surface area (TPSA) is 39.1 Å². The van der Waals surface area contributed by atoms with E-state index in [1.54, 1.807) is 0 Å². The van der Waals surface area contributed by atoms with E-state index in [0.29, 0.717) is 5.92 Å². The van der Waals surface area contributed by atoms with Gasteiger partial charge in [0.1, 0.15) is 5.54 Å². The Morgan fingerprint density at radius 3 is 2.35 bits per heavy atom. The quantitative estimate of drug-likeness (QED) is 0.896. The molecular weight excluding hydrogens is 246 g/mol. The molecule has 0 atom stereocenters. The summed E-state index contributed by atoms with van der Waals surface area (Å²) < 4.78 is 0. The number of rotatable bonds is 2. The van der Waals surface area contributed by atoms with E-state index < -0.39 is 0 Å². The fourth-order valence-corrected chi connectivity index (χ4v) is 3.75. The predicted octanol–water partition coefficient (Wildman–Crippen LogP) is 2.51. The molecule has 1 aliphatic heterocycles. The Kier molecular flexibility index (Phi) is 4.05. The van der Waals surface area contributed by atoms with Gasteiger partial charge in [-0.1, -0.05) is 30.3 Å². The number of nitrogens with zero attached hydrogens (tertiary/aromatic N) is 2. The van der Waals surface area contributed by atoms with Crippen LogP contribution in [0.25, 0.3) is 0 Å². The van der Waals surface area contributed by atoms with Gasteiger partial charge in [-0.25, -0.2) is 0 Å². The Hall–Kier alpha value is -1.37. The molecule has 2 fully saturated rings. The van der Waals surface area contributed by atoms with Crippen LogP contribution in [0.3, 0.4) is 0 Å². The van der Waals surface area contributed by atoms with Gasteiger partial charge in [0.2, 0.25) is 0 Å². The van der Waals surface area contributed by atoms with Crippen LogP contribution in [0.5, 0.6) is 0 Å². The first-order valence-electron chi connectivity index (χ1n) is 7.76. The summed E-state index contributed by atoms with van der Waals surface area (Å²) in [7, 11) is 0. The molecule has 2 aliphatic rings. The summed E-state index contributed by atoms with van der Waals surface area (Å²) >= 11 is 0. The molecule has 1 saturated carbocycles. The van der Waals surface area contributed by atoms with Crippen molar-refractivity contribution >= 4 is 0 Å². The molecule has 106 valence electrons. The van der Waals surface area contributed by atoms with Crippen LogP contribution in [0.2, 0.25) is 0 Å². The lowest BCUT2D eigenvalue weighted by molar-refractivity contribution is 0.0790. The molecule has 0 unspecified atom stereocenters. The average molecular weight is 269 g/mol. The fourth-order valence-electron chi connectivity index (χ4n) is 3.75. The van der Waals surface area contributed by atoms with Crippen LogP contribution in [0.15, 0.2) is 30.3 Å². The first-order valence-corrected chi connectivity index (χ1v) is 7.76. The van der Waals surface area contributed by atoms with E-state index in [1.165, 1.54) is 5.56 Å². The van der Waals surface area contributed by atoms with Crippen molar-refractivity contribution in [3.05, 3.63) is 35.9 Å². The average Bonchev–Trinajstić information content (AvgIpc) is 2.56. The van der Waals surface area contributed by atoms with Crippen molar-refractivity contribution in [3.63, 3.8) is 0 Å². The van der Waals surface area contributed by atoms with Crippen LogP contribution in [0, 0.1) is 11.3 Å². The molecule has 0 radical (unpaired) electrons. The summed E-state index contributed by atoms with van der Waals surface area (Å²) in [4.78, 5) is 2.42. The molecule has 1 saturated heterocycles. The molecule has 1 aromatic rings. The first kappa shape index (κ1) is 13.6. The zero-order valence-corrected chi connectivity index (χ0v) is 12.0. The maximum absolute atomic E-state index is 9.74. The maximum atomic E-state index is 9.74. The highest BCUT2D eigenvalue weighted by Gasteiger charge is 2.41. The Morgan fingerprint density at radius 2 is 1.75 bits per heavy atom. The number of piperazine rings is 1. The van der Waals surface area contributed by atoms with Crippen molar-refractivity contribution in [2.45, 2.75) is 37.1 Å². The highest BCUT2D eigenvalue weighted by atomic mass is 15.2. The Labute approximate surface area is 121 Å². The van der Waals surface area contributed by atoms with Gasteiger partial charge in [0.15, 0.2) is 0 Å². The van der Waals surface area contributed by atoms with Crippen LogP contribution in [-0.2, 0) is 0 Å². The summed E-state index contributed by atoms with van der Waals surface area (Å²) in [5.41, 5.74) is 1.24. The standard InChI is InChI=1S/C17H23N3/c18-14-17(20-12-10-19-11-13-20)8-6-16(7-9-17)15-4-2-1-3-5-15/h1-5,16,19H,6-13H2. The summed E-state index contributed by atoms with van der Waals surface area (Å²) in [6, 6.07) is 13.4. The third-order valence-corrected chi connectivity index (χ3v) is 5.01. The monoisotopic (exact) mass is 269 g/mol. The molecule has 3 rings (SSSR count). The van der Waals surface area contributed by atoms with E-state index in [1.807, 2.05) is 0 Å². The minimum Gasteiger partial charge on any atom is -0.314 e. The second-order valence-electron chi connectivity index (χ2n) is 6.07. The van der Waals surface area contributed by atoms with E-state index >= 15 is 0 Å². The molecule has 1 N–H and O–H groups in total. The summed E-state index contributed by atoms with van der Waals surface area (Å²) in [5, 5.41) is 13.1. The van der Waals surface area contributed by atoms with E-state index in [-0.39, 0.29) is 5.54 Å². The summed E-state index contributed by atoms with van der Waals surface area (Å²) in [6.07, 6.45) is 4.31. The van der Waals surface area contributed by atoms with Crippen LogP contribution in [-0.4, -0.2) is 36.6 Å². The largest absolute Gasteiger partial charge is 0.314 e. The number of nitrogens with one attached hydrogen (secondary N) is 1. The Balaban J connectivity index is 1.68. The van der Waals surface area contributed by atoms with Crippen molar-refractivity contribution < 1.29 is 0 Å². The van der Waals surface area contributed by atoms with Crippen LogP contribution in [0.1, 0.15) is 37.2 Å². The Morgan fingerprint density at radius 1 is 1.10 bits per heavy atom. The molecule has 1 aromatic carbocycles. The van der Waals surface area contributed by atoms with Gasteiger partial charge in [0.05, 0.1) is 6.07 Å². The van der Waals surface area contributed by atoms with E-state index in [0.717, 1.165) is 51.9 Å². The molecule has 3 heteroatoms. The zero-order valence-electron chi connectivity index (χ0n) is 12.0. The van der Waals surface area contributed by atoms with Crippen molar-refractivity contribution in [1.29, 1.82) is 5.26 Å². The van der Waals surface area contributed by atoms with Crippen LogP contribution < -0.4 is 5.32 Å². The van der Waals surface area contributed by atoms with Crippen molar-refractivity contribution in [2.24, 2.45) is 0 Å². The normalized spacial score (nSPS) is 31.6. The van der Waals surface area contributed by atoms with Crippen LogP contribution in [0.4, 0.5) is 0 Å². The number of nitriles is 1. The molecule has 3 nitrogen and oxygen atoms in total. The van der Waals surface area contributed by atoms with Gasteiger partial charge in [0, 0.05) is 26.2 Å². The van der Waals surface area contributed by atoms with Gasteiger partial charge in [-0.05, 0) is 37.2 Å².